The van der Waals surface area contributed by atoms with Crippen LogP contribution in [0.4, 0.5) is 0 Å². The number of carbonyl (C=O) groups is 1. The van der Waals surface area contributed by atoms with Crippen molar-refractivity contribution in [3.8, 4) is 0 Å². The Balaban J connectivity index is 1.77. The Morgan fingerprint density at radius 1 is 0.952 bits per heavy atom. The molecule has 3 fully saturated rings. The monoisotopic (exact) mass is 609 g/mol. The highest BCUT2D eigenvalue weighted by atomic mass is 16.7. The minimum absolute atomic E-state index is 0.0553. The van der Waals surface area contributed by atoms with Gasteiger partial charge in [-0.1, -0.05) is 0 Å². The predicted octanol–water partition coefficient (Wildman–Crippen LogP) is -5.30. The Morgan fingerprint density at radius 2 is 1.67 bits per heavy atom. The number of Topliss-reactive ketones (excluding diaryl/α,β-unsaturated/α-hetero) is 1. The third kappa shape index (κ3) is 9.06. The molecule has 3 aliphatic rings. The lowest BCUT2D eigenvalue weighted by molar-refractivity contribution is -0.318. The van der Waals surface area contributed by atoms with Crippen LogP contribution >= 0.6 is 0 Å². The first-order valence-electron chi connectivity index (χ1n) is 14.8. The summed E-state index contributed by atoms with van der Waals surface area (Å²) in [5.74, 6) is -1.25. The van der Waals surface area contributed by atoms with Crippen LogP contribution in [0.2, 0.25) is 0 Å². The summed E-state index contributed by atoms with van der Waals surface area (Å²) in [7, 11) is 0. The van der Waals surface area contributed by atoms with E-state index in [0.29, 0.717) is 32.4 Å². The molecule has 14 atom stereocenters. The molecule has 1 aliphatic carbocycles. The molecule has 15 N–H and O–H groups in total. The van der Waals surface area contributed by atoms with E-state index in [0.717, 1.165) is 0 Å². The number of carbonyl (C=O) groups excluding carboxylic acids is 1. The lowest BCUT2D eigenvalue weighted by atomic mass is 9.76. The summed E-state index contributed by atoms with van der Waals surface area (Å²) in [4.78, 5) is 12.8. The molecule has 42 heavy (non-hydrogen) atoms. The van der Waals surface area contributed by atoms with E-state index in [2.05, 4.69) is 5.32 Å². The van der Waals surface area contributed by atoms with Crippen molar-refractivity contribution in [2.45, 2.75) is 118 Å². The molecule has 246 valence electrons. The van der Waals surface area contributed by atoms with Crippen molar-refractivity contribution < 1.29 is 54.4 Å². The fourth-order valence-corrected chi connectivity index (χ4v) is 5.78. The van der Waals surface area contributed by atoms with Gasteiger partial charge in [0.25, 0.3) is 0 Å². The van der Waals surface area contributed by atoms with Crippen LogP contribution in [0.3, 0.4) is 0 Å². The van der Waals surface area contributed by atoms with E-state index in [4.69, 9.17) is 47.0 Å². The number of hydrogen-bond donors (Lipinski definition) is 11. The second kappa shape index (κ2) is 17.0. The summed E-state index contributed by atoms with van der Waals surface area (Å²) < 4.78 is 23.8. The van der Waals surface area contributed by atoms with Gasteiger partial charge in [-0.05, 0) is 51.1 Å². The first-order valence-corrected chi connectivity index (χ1v) is 14.8. The molecule has 0 aromatic heterocycles. The fraction of sp³-hybridized carbons (Fsp3) is 0.962. The number of rotatable bonds is 15. The third-order valence-corrected chi connectivity index (χ3v) is 8.31. The number of nitrogens with one attached hydrogen (secondary N) is 1. The molecular weight excluding hydrogens is 558 g/mol. The van der Waals surface area contributed by atoms with Crippen LogP contribution in [0, 0.1) is 5.92 Å². The smallest absolute Gasteiger partial charge is 0.186 e. The average molecular weight is 610 g/mol. The topological polar surface area (TPSA) is 291 Å². The normalized spacial score (nSPS) is 41.9. The Bertz CT molecular complexity index is 817. The van der Waals surface area contributed by atoms with Crippen molar-refractivity contribution in [3.63, 3.8) is 0 Å². The van der Waals surface area contributed by atoms with Crippen molar-refractivity contribution in [1.29, 1.82) is 0 Å². The van der Waals surface area contributed by atoms with E-state index in [-0.39, 0.29) is 38.5 Å². The van der Waals surface area contributed by atoms with Gasteiger partial charge in [0, 0.05) is 25.6 Å². The fourth-order valence-electron chi connectivity index (χ4n) is 5.78. The lowest BCUT2D eigenvalue weighted by Crippen LogP contribution is -2.66. The van der Waals surface area contributed by atoms with Crippen LogP contribution in [0.5, 0.6) is 0 Å². The van der Waals surface area contributed by atoms with Crippen LogP contribution in [-0.4, -0.2) is 149 Å². The molecule has 1 saturated carbocycles. The molecule has 0 amide bonds. The van der Waals surface area contributed by atoms with Gasteiger partial charge in [-0.25, -0.2) is 0 Å². The van der Waals surface area contributed by atoms with E-state index >= 15 is 0 Å². The maximum absolute atomic E-state index is 12.8. The number of hydrogen-bond acceptors (Lipinski definition) is 16. The predicted molar refractivity (Wildman–Crippen MR) is 147 cm³/mol. The number of aliphatic hydroxyl groups excluding tert-OH is 6. The average Bonchev–Trinajstić information content (AvgIpc) is 2.96. The van der Waals surface area contributed by atoms with Crippen LogP contribution in [0.25, 0.3) is 0 Å². The van der Waals surface area contributed by atoms with E-state index < -0.39 is 91.7 Å². The Kier molecular flexibility index (Phi) is 14.3. The molecule has 0 radical (unpaired) electrons. The summed E-state index contributed by atoms with van der Waals surface area (Å²) in [5, 5.41) is 64.4. The number of ether oxygens (including phenoxy) is 4. The number of ketones is 1. The maximum Gasteiger partial charge on any atom is 0.186 e. The summed E-state index contributed by atoms with van der Waals surface area (Å²) in [6, 6.07) is -2.51. The molecular formula is C26H51N5O11. The van der Waals surface area contributed by atoms with E-state index in [1.165, 1.54) is 0 Å². The van der Waals surface area contributed by atoms with Crippen molar-refractivity contribution in [2.24, 2.45) is 28.9 Å². The van der Waals surface area contributed by atoms with Gasteiger partial charge in [0.05, 0.1) is 30.9 Å². The Morgan fingerprint density at radius 3 is 2.33 bits per heavy atom. The summed E-state index contributed by atoms with van der Waals surface area (Å²) in [5.41, 5.74) is 24.2. The Labute approximate surface area is 245 Å². The molecule has 0 aromatic carbocycles. The van der Waals surface area contributed by atoms with Crippen molar-refractivity contribution >= 4 is 5.78 Å². The van der Waals surface area contributed by atoms with Gasteiger partial charge in [-0.2, -0.15) is 0 Å². The van der Waals surface area contributed by atoms with Gasteiger partial charge in [-0.15, -0.1) is 0 Å². The summed E-state index contributed by atoms with van der Waals surface area (Å²) in [6.45, 7) is 0.698. The molecule has 2 heterocycles. The van der Waals surface area contributed by atoms with Crippen LogP contribution in [-0.2, 0) is 23.7 Å². The second-order valence-electron chi connectivity index (χ2n) is 11.5. The zero-order valence-corrected chi connectivity index (χ0v) is 23.9. The van der Waals surface area contributed by atoms with Gasteiger partial charge < -0.3 is 77.8 Å². The molecule has 2 saturated heterocycles. The highest BCUT2D eigenvalue weighted by molar-refractivity contribution is 5.83. The van der Waals surface area contributed by atoms with Crippen LogP contribution in [0.15, 0.2) is 0 Å². The zero-order valence-electron chi connectivity index (χ0n) is 23.9. The molecule has 2 aliphatic heterocycles. The van der Waals surface area contributed by atoms with E-state index in [9.17, 15) is 30.3 Å². The summed E-state index contributed by atoms with van der Waals surface area (Å²) in [6.07, 6.45) is -9.82. The highest BCUT2D eigenvalue weighted by Gasteiger charge is 2.51. The first kappa shape index (κ1) is 35.5. The first-order chi connectivity index (χ1) is 20.0. The minimum Gasteiger partial charge on any atom is -0.396 e. The van der Waals surface area contributed by atoms with E-state index in [1.807, 2.05) is 0 Å². The Hall–Kier alpha value is -0.930. The minimum atomic E-state index is -1.53. The maximum atomic E-state index is 12.8. The SMILES string of the molecule is NCC[C@H](O)C(=O)C[C@@H]1C[C@H](N)C(O[C@H]2O[C@H](CNCCCO)CC[C@H]2N)[C@H](O)[C@H]1O[C@H]1O[C@H](CO)[C@@H](O)[C@H](N)[C@H]1O. The largest absolute Gasteiger partial charge is 0.396 e. The molecule has 0 aromatic rings. The third-order valence-electron chi connectivity index (χ3n) is 8.31. The van der Waals surface area contributed by atoms with Gasteiger partial charge in [0.2, 0.25) is 0 Å². The molecule has 16 heteroatoms. The lowest BCUT2D eigenvalue weighted by Gasteiger charge is -2.48. The van der Waals surface area contributed by atoms with Crippen LogP contribution < -0.4 is 28.3 Å². The van der Waals surface area contributed by atoms with Gasteiger partial charge in [0.1, 0.15) is 36.6 Å². The highest BCUT2D eigenvalue weighted by Crippen LogP contribution is 2.36. The van der Waals surface area contributed by atoms with Gasteiger partial charge >= 0.3 is 0 Å². The zero-order chi connectivity index (χ0) is 31.0. The van der Waals surface area contributed by atoms with Crippen molar-refractivity contribution in [2.75, 3.05) is 32.8 Å². The van der Waals surface area contributed by atoms with Crippen LogP contribution in [0.1, 0.15) is 38.5 Å². The van der Waals surface area contributed by atoms with E-state index in [1.54, 1.807) is 0 Å². The molecule has 0 bridgehead atoms. The number of nitrogens with two attached hydrogens (primary N) is 4. The molecule has 16 nitrogen and oxygen atoms in total. The molecule has 0 spiro atoms. The quantitative estimate of drug-likeness (QED) is 0.0773. The van der Waals surface area contributed by atoms with Gasteiger partial charge in [-0.3, -0.25) is 4.79 Å². The van der Waals surface area contributed by atoms with Crippen molar-refractivity contribution in [3.05, 3.63) is 0 Å². The van der Waals surface area contributed by atoms with Gasteiger partial charge in [0.15, 0.2) is 18.4 Å². The second-order valence-corrected chi connectivity index (χ2v) is 11.5. The number of aliphatic hydroxyl groups is 6. The standard InChI is InChI=1S/C26H51N5O11/c27-5-4-16(34)17(35)9-12-8-15(29)24(42-25-14(28)3-2-13(39-25)10-31-6-1-7-32)22(38)23(12)41-26-21(37)19(30)20(36)18(11-33)40-26/h12-16,18-26,31-34,36-38H,1-11,27-30H2/t12-,13-,14+,15-,16-,18+,19-,20+,21+,22+,23-,24?,25+,26+/m0/s1. The van der Waals surface area contributed by atoms with Crippen molar-refractivity contribution in [1.82, 2.24) is 5.32 Å². The molecule has 1 unspecified atom stereocenters. The summed E-state index contributed by atoms with van der Waals surface area (Å²) >= 11 is 0. The molecule has 3 rings (SSSR count).